The minimum Gasteiger partial charge on any atom is -0.384 e. The predicted molar refractivity (Wildman–Crippen MR) is 94.2 cm³/mol. The molecule has 0 unspecified atom stereocenters. The quantitative estimate of drug-likeness (QED) is 0.813. The number of rotatable bonds is 5. The summed E-state index contributed by atoms with van der Waals surface area (Å²) >= 11 is 3.34. The Morgan fingerprint density at radius 1 is 1.43 bits per heavy atom. The van der Waals surface area contributed by atoms with Crippen molar-refractivity contribution in [1.82, 2.24) is 10.2 Å². The monoisotopic (exact) mass is 408 g/mol. The van der Waals surface area contributed by atoms with Crippen LogP contribution in [0.15, 0.2) is 22.7 Å². The van der Waals surface area contributed by atoms with Crippen LogP contribution in [-0.4, -0.2) is 44.7 Å². The fourth-order valence-electron chi connectivity index (χ4n) is 3.00. The molecule has 1 amide bonds. The summed E-state index contributed by atoms with van der Waals surface area (Å²) in [6.07, 6.45) is 1.48. The number of benzene rings is 1. The summed E-state index contributed by atoms with van der Waals surface area (Å²) in [4.78, 5) is 14.5. The summed E-state index contributed by atoms with van der Waals surface area (Å²) < 4.78 is 20.0. The van der Waals surface area contributed by atoms with Crippen molar-refractivity contribution in [3.63, 3.8) is 0 Å². The van der Waals surface area contributed by atoms with E-state index in [1.54, 1.807) is 31.2 Å². The molecule has 2 rings (SSSR count). The van der Waals surface area contributed by atoms with Gasteiger partial charge in [0.25, 0.3) is 0 Å². The van der Waals surface area contributed by atoms with Gasteiger partial charge in [-0.05, 0) is 44.1 Å². The molecule has 0 bridgehead atoms. The van der Waals surface area contributed by atoms with Crippen molar-refractivity contribution in [2.75, 3.05) is 33.9 Å². The minimum atomic E-state index is -0.503. The van der Waals surface area contributed by atoms with E-state index in [0.717, 1.165) is 30.4 Å². The van der Waals surface area contributed by atoms with Gasteiger partial charge >= 0.3 is 0 Å². The molecule has 0 spiro atoms. The summed E-state index contributed by atoms with van der Waals surface area (Å²) in [5.74, 6) is -0.274. The highest BCUT2D eigenvalue weighted by atomic mass is 79.9. The van der Waals surface area contributed by atoms with E-state index in [0.29, 0.717) is 12.2 Å². The van der Waals surface area contributed by atoms with Crippen LogP contribution in [0.3, 0.4) is 0 Å². The molecule has 23 heavy (non-hydrogen) atoms. The van der Waals surface area contributed by atoms with Gasteiger partial charge in [0.15, 0.2) is 0 Å². The van der Waals surface area contributed by atoms with Crippen LogP contribution in [0.25, 0.3) is 0 Å². The molecule has 1 fully saturated rings. The summed E-state index contributed by atoms with van der Waals surface area (Å²) in [5, 5.41) is 3.27. The largest absolute Gasteiger partial charge is 0.384 e. The Kier molecular flexibility index (Phi) is 7.94. The number of ether oxygens (including phenoxy) is 1. The lowest BCUT2D eigenvalue weighted by Gasteiger charge is -2.38. The zero-order valence-corrected chi connectivity index (χ0v) is 15.8. The zero-order chi connectivity index (χ0) is 16.2. The average Bonchev–Trinajstić information content (AvgIpc) is 2.51. The summed E-state index contributed by atoms with van der Waals surface area (Å²) in [6.45, 7) is 2.25. The SMILES string of the molecule is COCC1(C(=O)N(C)Cc2cc(Br)ccc2F)CCNCC1.Cl. The first-order chi connectivity index (χ1) is 10.5. The van der Waals surface area contributed by atoms with Crippen LogP contribution < -0.4 is 5.32 Å². The molecule has 1 heterocycles. The van der Waals surface area contributed by atoms with Crippen molar-refractivity contribution in [1.29, 1.82) is 0 Å². The third-order valence-corrected chi connectivity index (χ3v) is 4.69. The van der Waals surface area contributed by atoms with Gasteiger partial charge in [-0.3, -0.25) is 4.79 Å². The number of carbonyl (C=O) groups is 1. The van der Waals surface area contributed by atoms with Crippen molar-refractivity contribution in [3.05, 3.63) is 34.1 Å². The van der Waals surface area contributed by atoms with E-state index in [-0.39, 0.29) is 30.7 Å². The van der Waals surface area contributed by atoms with E-state index in [1.165, 1.54) is 6.07 Å². The number of nitrogens with one attached hydrogen (secondary N) is 1. The molecule has 1 aliphatic heterocycles. The van der Waals surface area contributed by atoms with E-state index < -0.39 is 5.41 Å². The van der Waals surface area contributed by atoms with Gasteiger partial charge in [0.1, 0.15) is 5.82 Å². The van der Waals surface area contributed by atoms with Crippen molar-refractivity contribution < 1.29 is 13.9 Å². The van der Waals surface area contributed by atoms with Crippen molar-refractivity contribution >= 4 is 34.2 Å². The second kappa shape index (κ2) is 8.97. The number of carbonyl (C=O) groups excluding carboxylic acids is 1. The molecule has 0 aliphatic carbocycles. The maximum absolute atomic E-state index is 13.9. The van der Waals surface area contributed by atoms with Crippen LogP contribution in [0.2, 0.25) is 0 Å². The fourth-order valence-corrected chi connectivity index (χ4v) is 3.41. The van der Waals surface area contributed by atoms with Crippen LogP contribution in [0, 0.1) is 11.2 Å². The third kappa shape index (κ3) is 4.89. The molecule has 1 aromatic rings. The fraction of sp³-hybridized carbons (Fsp3) is 0.562. The Balaban J connectivity index is 0.00000264. The molecule has 0 aromatic heterocycles. The molecule has 4 nitrogen and oxygen atoms in total. The molecule has 0 radical (unpaired) electrons. The van der Waals surface area contributed by atoms with Crippen LogP contribution >= 0.6 is 28.3 Å². The summed E-state index contributed by atoms with van der Waals surface area (Å²) in [6, 6.07) is 4.78. The Hall–Kier alpha value is -0.690. The van der Waals surface area contributed by atoms with Crippen molar-refractivity contribution in [2.45, 2.75) is 19.4 Å². The molecule has 1 saturated heterocycles. The van der Waals surface area contributed by atoms with Gasteiger partial charge in [-0.15, -0.1) is 12.4 Å². The van der Waals surface area contributed by atoms with Gasteiger partial charge in [0.2, 0.25) is 5.91 Å². The summed E-state index contributed by atoms with van der Waals surface area (Å²) in [5.41, 5.74) is 0.00349. The second-order valence-electron chi connectivity index (χ2n) is 5.86. The molecular formula is C16H23BrClFN2O2. The van der Waals surface area contributed by atoms with Crippen LogP contribution in [-0.2, 0) is 16.1 Å². The number of hydrogen-bond donors (Lipinski definition) is 1. The number of hydrogen-bond acceptors (Lipinski definition) is 3. The van der Waals surface area contributed by atoms with Crippen LogP contribution in [0.4, 0.5) is 4.39 Å². The normalized spacial score (nSPS) is 16.5. The smallest absolute Gasteiger partial charge is 0.231 e. The Labute approximate surface area is 151 Å². The summed E-state index contributed by atoms with van der Waals surface area (Å²) in [7, 11) is 3.34. The topological polar surface area (TPSA) is 41.6 Å². The minimum absolute atomic E-state index is 0. The molecule has 1 N–H and O–H groups in total. The predicted octanol–water partition coefficient (Wildman–Crippen LogP) is 2.98. The Bertz CT molecular complexity index is 533. The standard InChI is InChI=1S/C16H22BrFN2O2.ClH/c1-20(10-12-9-13(17)3-4-14(12)18)15(21)16(11-22-2)5-7-19-8-6-16;/h3-4,9,19H,5-8,10-11H2,1-2H3;1H. The molecule has 1 aliphatic rings. The first kappa shape index (κ1) is 20.4. The van der Waals surface area contributed by atoms with Gasteiger partial charge in [-0.1, -0.05) is 15.9 Å². The maximum atomic E-state index is 13.9. The van der Waals surface area contributed by atoms with Gasteiger partial charge in [0, 0.05) is 30.7 Å². The Morgan fingerprint density at radius 2 is 2.09 bits per heavy atom. The van der Waals surface area contributed by atoms with E-state index in [9.17, 15) is 9.18 Å². The maximum Gasteiger partial charge on any atom is 0.231 e. The highest BCUT2D eigenvalue weighted by molar-refractivity contribution is 9.10. The van der Waals surface area contributed by atoms with E-state index in [4.69, 9.17) is 4.74 Å². The van der Waals surface area contributed by atoms with Gasteiger partial charge in [0.05, 0.1) is 12.0 Å². The number of halogens is 3. The number of nitrogens with zero attached hydrogens (tertiary/aromatic N) is 1. The lowest BCUT2D eigenvalue weighted by molar-refractivity contribution is -0.146. The first-order valence-corrected chi connectivity index (χ1v) is 8.17. The van der Waals surface area contributed by atoms with Crippen LogP contribution in [0.5, 0.6) is 0 Å². The molecule has 0 saturated carbocycles. The Morgan fingerprint density at radius 3 is 2.70 bits per heavy atom. The third-order valence-electron chi connectivity index (χ3n) is 4.20. The van der Waals surface area contributed by atoms with E-state index >= 15 is 0 Å². The van der Waals surface area contributed by atoms with Gasteiger partial charge < -0.3 is 15.0 Å². The lowest BCUT2D eigenvalue weighted by atomic mass is 9.78. The molecule has 1 aromatic carbocycles. The molecule has 130 valence electrons. The van der Waals surface area contributed by atoms with Crippen molar-refractivity contribution in [2.24, 2.45) is 5.41 Å². The van der Waals surface area contributed by atoms with Crippen molar-refractivity contribution in [3.8, 4) is 0 Å². The average molecular weight is 410 g/mol. The highest BCUT2D eigenvalue weighted by Gasteiger charge is 2.41. The number of methoxy groups -OCH3 is 1. The van der Waals surface area contributed by atoms with Gasteiger partial charge in [-0.2, -0.15) is 0 Å². The molecular weight excluding hydrogens is 387 g/mol. The van der Waals surface area contributed by atoms with Gasteiger partial charge in [-0.25, -0.2) is 4.39 Å². The first-order valence-electron chi connectivity index (χ1n) is 7.38. The molecule has 7 heteroatoms. The number of amides is 1. The lowest BCUT2D eigenvalue weighted by Crippen LogP contribution is -2.50. The zero-order valence-electron chi connectivity index (χ0n) is 13.4. The van der Waals surface area contributed by atoms with E-state index in [2.05, 4.69) is 21.2 Å². The molecule has 0 atom stereocenters. The van der Waals surface area contributed by atoms with Crippen LogP contribution in [0.1, 0.15) is 18.4 Å². The second-order valence-corrected chi connectivity index (χ2v) is 6.78. The number of piperidine rings is 1. The highest BCUT2D eigenvalue weighted by Crippen LogP contribution is 2.32. The van der Waals surface area contributed by atoms with E-state index in [1.807, 2.05) is 0 Å².